The number of carbonyl (C=O) groups is 1. The number of benzene rings is 2. The van der Waals surface area contributed by atoms with Crippen molar-refractivity contribution in [3.63, 3.8) is 0 Å². The molecule has 1 aliphatic rings. The number of nitrogens with zero attached hydrogens (tertiary/aromatic N) is 3. The van der Waals surface area contributed by atoms with Crippen LogP contribution < -0.4 is 15.8 Å². The van der Waals surface area contributed by atoms with Crippen LogP contribution in [0, 0.1) is 6.92 Å². The summed E-state index contributed by atoms with van der Waals surface area (Å²) in [7, 11) is 0. The van der Waals surface area contributed by atoms with Gasteiger partial charge >= 0.3 is 0 Å². The molecule has 1 N–H and O–H groups in total. The fraction of sp³-hybridized carbons (Fsp3) is 0.400. The molecule has 1 aromatic heterocycles. The maximum absolute atomic E-state index is 13.1. The smallest absolute Gasteiger partial charge is 0.275 e. The third kappa shape index (κ3) is 4.48. The highest BCUT2D eigenvalue weighted by atomic mass is 16.2. The van der Waals surface area contributed by atoms with Gasteiger partial charge in [-0.05, 0) is 43.4 Å². The molecule has 3 aromatic rings. The van der Waals surface area contributed by atoms with Crippen molar-refractivity contribution in [3.05, 3.63) is 63.9 Å². The summed E-state index contributed by atoms with van der Waals surface area (Å²) in [6.45, 7) is 5.77. The predicted molar refractivity (Wildman–Crippen MR) is 126 cm³/mol. The Balaban J connectivity index is 1.68. The minimum atomic E-state index is -0.240. The van der Waals surface area contributed by atoms with Gasteiger partial charge in [-0.2, -0.15) is 5.10 Å². The number of anilines is 2. The first-order valence-corrected chi connectivity index (χ1v) is 11.2. The number of nitrogens with one attached hydrogen (secondary N) is 1. The third-order valence-corrected chi connectivity index (χ3v) is 6.05. The van der Waals surface area contributed by atoms with Crippen LogP contribution in [0.25, 0.3) is 10.8 Å². The summed E-state index contributed by atoms with van der Waals surface area (Å²) in [6.07, 6.45) is 5.48. The van der Waals surface area contributed by atoms with Crippen molar-refractivity contribution in [2.45, 2.75) is 52.5 Å². The Morgan fingerprint density at radius 3 is 2.42 bits per heavy atom. The summed E-state index contributed by atoms with van der Waals surface area (Å²) in [6, 6.07) is 13.6. The molecule has 0 unspecified atom stereocenters. The number of para-hydroxylation sites is 1. The Labute approximate surface area is 182 Å². The summed E-state index contributed by atoms with van der Waals surface area (Å²) < 4.78 is 1.32. The molecule has 2 heterocycles. The second-order valence-corrected chi connectivity index (χ2v) is 8.24. The van der Waals surface area contributed by atoms with E-state index in [4.69, 9.17) is 0 Å². The van der Waals surface area contributed by atoms with Gasteiger partial charge in [0, 0.05) is 24.2 Å². The lowest BCUT2D eigenvalue weighted by Gasteiger charge is -2.23. The van der Waals surface area contributed by atoms with Crippen LogP contribution in [0.3, 0.4) is 0 Å². The summed E-state index contributed by atoms with van der Waals surface area (Å²) in [5.74, 6) is 0.561. The first-order valence-electron chi connectivity index (χ1n) is 11.2. The Morgan fingerprint density at radius 2 is 1.71 bits per heavy atom. The molecule has 0 spiro atoms. The Morgan fingerprint density at radius 1 is 1.00 bits per heavy atom. The van der Waals surface area contributed by atoms with Crippen LogP contribution in [0.1, 0.15) is 43.7 Å². The fourth-order valence-electron chi connectivity index (χ4n) is 4.36. The van der Waals surface area contributed by atoms with Gasteiger partial charge in [0.15, 0.2) is 5.82 Å². The van der Waals surface area contributed by atoms with Crippen molar-refractivity contribution in [3.8, 4) is 0 Å². The van der Waals surface area contributed by atoms with Gasteiger partial charge in [-0.3, -0.25) is 9.59 Å². The molecular formula is C25H30N4O2. The van der Waals surface area contributed by atoms with Gasteiger partial charge in [0.1, 0.15) is 6.54 Å². The highest BCUT2D eigenvalue weighted by Crippen LogP contribution is 2.25. The molecule has 31 heavy (non-hydrogen) atoms. The van der Waals surface area contributed by atoms with Crippen molar-refractivity contribution < 1.29 is 4.79 Å². The minimum Gasteiger partial charge on any atom is -0.355 e. The molecule has 2 aromatic carbocycles. The highest BCUT2D eigenvalue weighted by molar-refractivity contribution is 5.94. The second-order valence-electron chi connectivity index (χ2n) is 8.24. The minimum absolute atomic E-state index is 0.109. The number of rotatable bonds is 5. The number of aromatic nitrogens is 2. The molecule has 6 nitrogen and oxygen atoms in total. The number of aryl methyl sites for hydroxylation is 2. The first kappa shape index (κ1) is 21.1. The first-order chi connectivity index (χ1) is 15.1. The largest absolute Gasteiger partial charge is 0.355 e. The molecule has 1 amide bonds. The van der Waals surface area contributed by atoms with Crippen molar-refractivity contribution in [1.29, 1.82) is 0 Å². The van der Waals surface area contributed by atoms with Crippen LogP contribution in [-0.4, -0.2) is 28.8 Å². The van der Waals surface area contributed by atoms with E-state index in [2.05, 4.69) is 22.2 Å². The summed E-state index contributed by atoms with van der Waals surface area (Å²) in [5, 5.41) is 9.16. The SMILES string of the molecule is CCc1cccc(C)c1NC(=O)Cn1nc(N2CCCCCC2)c2ccccc2c1=O. The van der Waals surface area contributed by atoms with Gasteiger partial charge < -0.3 is 10.2 Å². The van der Waals surface area contributed by atoms with Crippen LogP contribution in [-0.2, 0) is 17.8 Å². The van der Waals surface area contributed by atoms with Crippen molar-refractivity contribution in [1.82, 2.24) is 9.78 Å². The van der Waals surface area contributed by atoms with E-state index < -0.39 is 0 Å². The van der Waals surface area contributed by atoms with Gasteiger partial charge in [-0.25, -0.2) is 4.68 Å². The summed E-state index contributed by atoms with van der Waals surface area (Å²) >= 11 is 0. The normalized spacial score (nSPS) is 14.5. The molecule has 1 saturated heterocycles. The lowest BCUT2D eigenvalue weighted by atomic mass is 10.1. The standard InChI is InChI=1S/C25H30N4O2/c1-3-19-12-10-11-18(2)23(19)26-22(30)17-29-25(31)21-14-7-6-13-20(21)24(27-29)28-15-8-4-5-9-16-28/h6-7,10-14H,3-5,8-9,15-17H2,1-2H3,(H,26,30). The number of carbonyl (C=O) groups excluding carboxylic acids is 1. The Hall–Kier alpha value is -3.15. The fourth-order valence-corrected chi connectivity index (χ4v) is 4.36. The van der Waals surface area contributed by atoms with Crippen LogP contribution in [0.5, 0.6) is 0 Å². The van der Waals surface area contributed by atoms with Gasteiger partial charge in [-0.1, -0.05) is 56.2 Å². The van der Waals surface area contributed by atoms with E-state index >= 15 is 0 Å². The Bertz CT molecular complexity index is 1140. The average Bonchev–Trinajstić information content (AvgIpc) is 3.06. The van der Waals surface area contributed by atoms with E-state index in [1.807, 2.05) is 49.4 Å². The van der Waals surface area contributed by atoms with Crippen LogP contribution in [0.2, 0.25) is 0 Å². The quantitative estimate of drug-likeness (QED) is 0.671. The molecular weight excluding hydrogens is 388 g/mol. The van der Waals surface area contributed by atoms with Gasteiger partial charge in [-0.15, -0.1) is 0 Å². The molecule has 0 saturated carbocycles. The van der Waals surface area contributed by atoms with Crippen LogP contribution >= 0.6 is 0 Å². The van der Waals surface area contributed by atoms with E-state index in [0.717, 1.165) is 60.4 Å². The predicted octanol–water partition coefficient (Wildman–Crippen LogP) is 4.29. The zero-order valence-corrected chi connectivity index (χ0v) is 18.4. The average molecular weight is 419 g/mol. The second kappa shape index (κ2) is 9.33. The zero-order valence-electron chi connectivity index (χ0n) is 18.4. The number of amides is 1. The summed E-state index contributed by atoms with van der Waals surface area (Å²) in [5.41, 5.74) is 2.69. The molecule has 1 fully saturated rings. The summed E-state index contributed by atoms with van der Waals surface area (Å²) in [4.78, 5) is 28.3. The molecule has 162 valence electrons. The molecule has 6 heteroatoms. The van der Waals surface area contributed by atoms with E-state index in [1.165, 1.54) is 17.5 Å². The topological polar surface area (TPSA) is 67.2 Å². The van der Waals surface area contributed by atoms with E-state index in [1.54, 1.807) is 0 Å². The third-order valence-electron chi connectivity index (χ3n) is 6.05. The monoisotopic (exact) mass is 418 g/mol. The number of fused-ring (bicyclic) bond motifs is 1. The Kier molecular flexibility index (Phi) is 6.35. The van der Waals surface area contributed by atoms with E-state index in [9.17, 15) is 9.59 Å². The van der Waals surface area contributed by atoms with Crippen molar-refractivity contribution in [2.75, 3.05) is 23.3 Å². The molecule has 0 atom stereocenters. The lowest BCUT2D eigenvalue weighted by molar-refractivity contribution is -0.117. The maximum Gasteiger partial charge on any atom is 0.275 e. The van der Waals surface area contributed by atoms with Crippen molar-refractivity contribution >= 4 is 28.2 Å². The molecule has 0 aliphatic carbocycles. The number of hydrogen-bond donors (Lipinski definition) is 1. The molecule has 0 radical (unpaired) electrons. The zero-order chi connectivity index (χ0) is 21.8. The van der Waals surface area contributed by atoms with Gasteiger partial charge in [0.05, 0.1) is 5.39 Å². The maximum atomic E-state index is 13.1. The molecule has 4 rings (SSSR count). The van der Waals surface area contributed by atoms with Crippen LogP contribution in [0.15, 0.2) is 47.3 Å². The van der Waals surface area contributed by atoms with E-state index in [-0.39, 0.29) is 18.0 Å². The lowest BCUT2D eigenvalue weighted by Crippen LogP contribution is -2.33. The number of hydrogen-bond acceptors (Lipinski definition) is 4. The van der Waals surface area contributed by atoms with Crippen molar-refractivity contribution in [2.24, 2.45) is 0 Å². The molecule has 0 bridgehead atoms. The highest BCUT2D eigenvalue weighted by Gasteiger charge is 2.19. The van der Waals surface area contributed by atoms with Gasteiger partial charge in [0.25, 0.3) is 5.56 Å². The molecule has 1 aliphatic heterocycles. The van der Waals surface area contributed by atoms with Crippen LogP contribution in [0.4, 0.5) is 11.5 Å². The van der Waals surface area contributed by atoms with Gasteiger partial charge in [0.2, 0.25) is 5.91 Å². The van der Waals surface area contributed by atoms with E-state index in [0.29, 0.717) is 5.39 Å².